The van der Waals surface area contributed by atoms with E-state index in [1.165, 1.54) is 0 Å². The van der Waals surface area contributed by atoms with Gasteiger partial charge in [0, 0.05) is 20.6 Å². The van der Waals surface area contributed by atoms with Crippen molar-refractivity contribution in [3.63, 3.8) is 0 Å². The van der Waals surface area contributed by atoms with Gasteiger partial charge in [-0.2, -0.15) is 0 Å². The van der Waals surface area contributed by atoms with Crippen molar-refractivity contribution in [3.8, 4) is 0 Å². The number of nitrogens with zero attached hydrogens (tertiary/aromatic N) is 1. The first-order chi connectivity index (χ1) is 10.5. The fourth-order valence-electron chi connectivity index (χ4n) is 3.17. The van der Waals surface area contributed by atoms with Crippen LogP contribution in [0.25, 0.3) is 0 Å². The molecule has 2 rings (SSSR count). The molecular weight excluding hydrogens is 314 g/mol. The van der Waals surface area contributed by atoms with Crippen molar-refractivity contribution in [1.29, 1.82) is 0 Å². The van der Waals surface area contributed by atoms with Crippen LogP contribution in [0.15, 0.2) is 30.3 Å². The summed E-state index contributed by atoms with van der Waals surface area (Å²) < 4.78 is 0. The van der Waals surface area contributed by atoms with Crippen LogP contribution in [-0.2, 0) is 9.59 Å². The third kappa shape index (κ3) is 4.45. The van der Waals surface area contributed by atoms with E-state index in [1.807, 2.05) is 30.3 Å². The van der Waals surface area contributed by atoms with E-state index in [4.69, 9.17) is 5.73 Å². The van der Waals surface area contributed by atoms with E-state index in [1.54, 1.807) is 19.0 Å². The predicted molar refractivity (Wildman–Crippen MR) is 93.2 cm³/mol. The molecule has 1 atom stereocenters. The molecule has 2 amide bonds. The molecule has 0 bridgehead atoms. The van der Waals surface area contributed by atoms with Gasteiger partial charge < -0.3 is 16.0 Å². The molecule has 23 heavy (non-hydrogen) atoms. The van der Waals surface area contributed by atoms with Crippen molar-refractivity contribution >= 4 is 24.2 Å². The third-order valence-electron chi connectivity index (χ3n) is 4.46. The molecule has 1 aliphatic rings. The molecule has 1 aromatic rings. The molecule has 1 fully saturated rings. The summed E-state index contributed by atoms with van der Waals surface area (Å²) in [7, 11) is 3.53. The van der Waals surface area contributed by atoms with Crippen molar-refractivity contribution in [2.75, 3.05) is 20.6 Å². The molecule has 0 heterocycles. The van der Waals surface area contributed by atoms with E-state index in [9.17, 15) is 9.59 Å². The number of hydrogen-bond donors (Lipinski definition) is 2. The molecule has 1 unspecified atom stereocenters. The van der Waals surface area contributed by atoms with Gasteiger partial charge in [0.1, 0.15) is 6.04 Å². The number of halogens is 1. The fourth-order valence-corrected chi connectivity index (χ4v) is 3.17. The van der Waals surface area contributed by atoms with Crippen LogP contribution in [-0.4, -0.2) is 37.4 Å². The molecule has 5 nitrogen and oxygen atoms in total. The van der Waals surface area contributed by atoms with Crippen LogP contribution in [0.2, 0.25) is 0 Å². The lowest BCUT2D eigenvalue weighted by molar-refractivity contribution is -0.139. The number of rotatable bonds is 5. The number of amides is 2. The van der Waals surface area contributed by atoms with Crippen LogP contribution in [0.1, 0.15) is 37.3 Å². The molecule has 0 saturated heterocycles. The summed E-state index contributed by atoms with van der Waals surface area (Å²) in [4.78, 5) is 26.4. The van der Waals surface area contributed by atoms with Crippen molar-refractivity contribution in [2.45, 2.75) is 31.7 Å². The van der Waals surface area contributed by atoms with Crippen LogP contribution in [0, 0.1) is 5.41 Å². The molecule has 0 aromatic heterocycles. The minimum atomic E-state index is -0.700. The van der Waals surface area contributed by atoms with Crippen LogP contribution < -0.4 is 11.1 Å². The molecule has 0 radical (unpaired) electrons. The zero-order valence-electron chi connectivity index (χ0n) is 13.7. The Bertz CT molecular complexity index is 528. The SMILES string of the molecule is CN(C)C(=O)C1(CNC(=O)C(N)c2ccccc2)CCCC1.Cl. The van der Waals surface area contributed by atoms with Gasteiger partial charge in [0.05, 0.1) is 5.41 Å². The Hall–Kier alpha value is -1.59. The number of nitrogens with one attached hydrogen (secondary N) is 1. The smallest absolute Gasteiger partial charge is 0.241 e. The van der Waals surface area contributed by atoms with Crippen molar-refractivity contribution in [2.24, 2.45) is 11.1 Å². The van der Waals surface area contributed by atoms with Crippen LogP contribution >= 0.6 is 12.4 Å². The molecule has 1 aromatic carbocycles. The molecule has 0 aliphatic heterocycles. The van der Waals surface area contributed by atoms with Crippen molar-refractivity contribution in [3.05, 3.63) is 35.9 Å². The maximum Gasteiger partial charge on any atom is 0.241 e. The van der Waals surface area contributed by atoms with Gasteiger partial charge in [0.2, 0.25) is 11.8 Å². The van der Waals surface area contributed by atoms with E-state index in [0.29, 0.717) is 6.54 Å². The van der Waals surface area contributed by atoms with Gasteiger partial charge >= 0.3 is 0 Å². The number of nitrogens with two attached hydrogens (primary N) is 1. The average Bonchev–Trinajstić information content (AvgIpc) is 3.02. The lowest BCUT2D eigenvalue weighted by Gasteiger charge is -2.31. The topological polar surface area (TPSA) is 75.4 Å². The van der Waals surface area contributed by atoms with Gasteiger partial charge in [0.25, 0.3) is 0 Å². The van der Waals surface area contributed by atoms with Gasteiger partial charge in [-0.3, -0.25) is 9.59 Å². The van der Waals surface area contributed by atoms with E-state index in [2.05, 4.69) is 5.32 Å². The molecular formula is C17H26ClN3O2. The van der Waals surface area contributed by atoms with Crippen LogP contribution in [0.4, 0.5) is 0 Å². The summed E-state index contributed by atoms with van der Waals surface area (Å²) in [5.41, 5.74) is 6.31. The average molecular weight is 340 g/mol. The number of benzene rings is 1. The lowest BCUT2D eigenvalue weighted by atomic mass is 9.84. The molecule has 3 N–H and O–H groups in total. The fraction of sp³-hybridized carbons (Fsp3) is 0.529. The Morgan fingerprint density at radius 3 is 2.30 bits per heavy atom. The molecule has 0 spiro atoms. The highest BCUT2D eigenvalue weighted by Gasteiger charge is 2.42. The number of carbonyl (C=O) groups is 2. The first kappa shape index (κ1) is 19.5. The number of carbonyl (C=O) groups excluding carboxylic acids is 2. The summed E-state index contributed by atoms with van der Waals surface area (Å²) >= 11 is 0. The maximum atomic E-state index is 12.5. The lowest BCUT2D eigenvalue weighted by Crippen LogP contribution is -2.48. The summed E-state index contributed by atoms with van der Waals surface area (Å²) in [5.74, 6) is -0.136. The largest absolute Gasteiger partial charge is 0.353 e. The second-order valence-corrected chi connectivity index (χ2v) is 6.29. The van der Waals surface area contributed by atoms with Gasteiger partial charge in [-0.15, -0.1) is 12.4 Å². The quantitative estimate of drug-likeness (QED) is 0.860. The van der Waals surface area contributed by atoms with Gasteiger partial charge in [-0.1, -0.05) is 43.2 Å². The van der Waals surface area contributed by atoms with Crippen LogP contribution in [0.3, 0.4) is 0 Å². The van der Waals surface area contributed by atoms with E-state index >= 15 is 0 Å². The molecule has 6 heteroatoms. The molecule has 128 valence electrons. The van der Waals surface area contributed by atoms with E-state index in [-0.39, 0.29) is 24.2 Å². The highest BCUT2D eigenvalue weighted by Crippen LogP contribution is 2.39. The highest BCUT2D eigenvalue weighted by atomic mass is 35.5. The Balaban J connectivity index is 0.00000264. The first-order valence-corrected chi connectivity index (χ1v) is 7.76. The third-order valence-corrected chi connectivity index (χ3v) is 4.46. The number of hydrogen-bond acceptors (Lipinski definition) is 3. The standard InChI is InChI=1S/C17H25N3O2.ClH/c1-20(2)16(22)17(10-6-7-11-17)12-19-15(21)14(18)13-8-4-3-5-9-13;/h3-5,8-9,14H,6-7,10-12,18H2,1-2H3,(H,19,21);1H. The highest BCUT2D eigenvalue weighted by molar-refractivity contribution is 5.86. The minimum absolute atomic E-state index is 0. The van der Waals surface area contributed by atoms with Crippen molar-refractivity contribution in [1.82, 2.24) is 10.2 Å². The summed E-state index contributed by atoms with van der Waals surface area (Å²) in [6.07, 6.45) is 3.70. The Kier molecular flexibility index (Phi) is 7.03. The second kappa shape index (κ2) is 8.31. The summed E-state index contributed by atoms with van der Waals surface area (Å²) in [6.45, 7) is 0.364. The molecule has 1 aliphatic carbocycles. The van der Waals surface area contributed by atoms with E-state index < -0.39 is 11.5 Å². The zero-order chi connectivity index (χ0) is 16.2. The Morgan fingerprint density at radius 1 is 1.22 bits per heavy atom. The van der Waals surface area contributed by atoms with Gasteiger partial charge in [-0.05, 0) is 18.4 Å². The normalized spacial score (nSPS) is 17.0. The minimum Gasteiger partial charge on any atom is -0.353 e. The predicted octanol–water partition coefficient (Wildman–Crippen LogP) is 1.87. The zero-order valence-corrected chi connectivity index (χ0v) is 14.6. The summed E-state index contributed by atoms with van der Waals surface area (Å²) in [5, 5.41) is 2.89. The first-order valence-electron chi connectivity index (χ1n) is 7.76. The second-order valence-electron chi connectivity index (χ2n) is 6.29. The van der Waals surface area contributed by atoms with Crippen LogP contribution in [0.5, 0.6) is 0 Å². The van der Waals surface area contributed by atoms with E-state index in [0.717, 1.165) is 31.2 Å². The monoisotopic (exact) mass is 339 g/mol. The van der Waals surface area contributed by atoms with Gasteiger partial charge in [0.15, 0.2) is 0 Å². The van der Waals surface area contributed by atoms with Gasteiger partial charge in [-0.25, -0.2) is 0 Å². The maximum absolute atomic E-state index is 12.5. The molecule has 1 saturated carbocycles. The Labute approximate surface area is 144 Å². The van der Waals surface area contributed by atoms with Crippen molar-refractivity contribution < 1.29 is 9.59 Å². The Morgan fingerprint density at radius 2 is 1.78 bits per heavy atom. The summed E-state index contributed by atoms with van der Waals surface area (Å²) in [6, 6.07) is 8.57.